The Balaban J connectivity index is 1.81. The van der Waals surface area contributed by atoms with Crippen molar-refractivity contribution in [2.45, 2.75) is 39.5 Å². The van der Waals surface area contributed by atoms with Crippen LogP contribution in [-0.4, -0.2) is 10.9 Å². The Morgan fingerprint density at radius 3 is 2.73 bits per heavy atom. The molecule has 1 aromatic heterocycles. The lowest BCUT2D eigenvalue weighted by Gasteiger charge is -2.07. The molecule has 0 saturated heterocycles. The molecule has 0 bridgehead atoms. The molecule has 1 amide bonds. The lowest BCUT2D eigenvalue weighted by molar-refractivity contribution is -0.119. The SMILES string of the molecule is Cc1ccc(-c2sc(NC(=O)C3CCCC3)nc2C)cc1N. The van der Waals surface area contributed by atoms with Crippen molar-refractivity contribution in [3.05, 3.63) is 29.5 Å². The lowest BCUT2D eigenvalue weighted by atomic mass is 10.1. The monoisotopic (exact) mass is 315 g/mol. The topological polar surface area (TPSA) is 68.0 Å². The molecule has 2 aromatic rings. The number of carbonyl (C=O) groups excluding carboxylic acids is 1. The molecule has 0 unspecified atom stereocenters. The van der Waals surface area contributed by atoms with E-state index in [1.54, 1.807) is 0 Å². The van der Waals surface area contributed by atoms with Crippen molar-refractivity contribution in [1.29, 1.82) is 0 Å². The third-order valence-electron chi connectivity index (χ3n) is 4.29. The number of amides is 1. The summed E-state index contributed by atoms with van der Waals surface area (Å²) in [5.41, 5.74) is 9.82. The van der Waals surface area contributed by atoms with E-state index in [1.165, 1.54) is 11.3 Å². The molecule has 5 heteroatoms. The van der Waals surface area contributed by atoms with Gasteiger partial charge in [0.1, 0.15) is 0 Å². The van der Waals surface area contributed by atoms with Gasteiger partial charge in [-0.15, -0.1) is 0 Å². The minimum atomic E-state index is 0.112. The number of hydrogen-bond donors (Lipinski definition) is 2. The van der Waals surface area contributed by atoms with E-state index in [1.807, 2.05) is 26.0 Å². The van der Waals surface area contributed by atoms with E-state index in [0.29, 0.717) is 5.13 Å². The summed E-state index contributed by atoms with van der Waals surface area (Å²) < 4.78 is 0. The summed E-state index contributed by atoms with van der Waals surface area (Å²) in [7, 11) is 0. The average molecular weight is 315 g/mol. The molecule has 1 fully saturated rings. The number of aromatic nitrogens is 1. The maximum Gasteiger partial charge on any atom is 0.229 e. The Morgan fingerprint density at radius 2 is 2.05 bits per heavy atom. The van der Waals surface area contributed by atoms with Gasteiger partial charge in [-0.3, -0.25) is 4.79 Å². The highest BCUT2D eigenvalue weighted by atomic mass is 32.1. The Bertz CT molecular complexity index is 702. The molecule has 3 rings (SSSR count). The van der Waals surface area contributed by atoms with Crippen molar-refractivity contribution in [2.75, 3.05) is 11.1 Å². The number of nitrogens with two attached hydrogens (primary N) is 1. The summed E-state index contributed by atoms with van der Waals surface area (Å²) in [5.74, 6) is 0.267. The molecule has 0 atom stereocenters. The Kier molecular flexibility index (Phi) is 4.16. The van der Waals surface area contributed by atoms with E-state index >= 15 is 0 Å². The fourth-order valence-electron chi connectivity index (χ4n) is 2.89. The van der Waals surface area contributed by atoms with Gasteiger partial charge in [0, 0.05) is 11.6 Å². The molecule has 22 heavy (non-hydrogen) atoms. The highest BCUT2D eigenvalue weighted by molar-refractivity contribution is 7.19. The van der Waals surface area contributed by atoms with E-state index < -0.39 is 0 Å². The van der Waals surface area contributed by atoms with Gasteiger partial charge in [0.2, 0.25) is 5.91 Å². The predicted octanol–water partition coefficient (Wildman–Crippen LogP) is 4.14. The first-order valence-electron chi connectivity index (χ1n) is 7.69. The minimum absolute atomic E-state index is 0.112. The predicted molar refractivity (Wildman–Crippen MR) is 92.0 cm³/mol. The second kappa shape index (κ2) is 6.08. The number of nitrogens with one attached hydrogen (secondary N) is 1. The maximum atomic E-state index is 12.2. The number of rotatable bonds is 3. The number of hydrogen-bond acceptors (Lipinski definition) is 4. The van der Waals surface area contributed by atoms with Crippen LogP contribution in [0.25, 0.3) is 10.4 Å². The Labute approximate surface area is 134 Å². The molecule has 1 heterocycles. The zero-order valence-electron chi connectivity index (χ0n) is 13.0. The Hall–Kier alpha value is -1.88. The van der Waals surface area contributed by atoms with Crippen LogP contribution in [0, 0.1) is 19.8 Å². The molecule has 0 aliphatic heterocycles. The summed E-state index contributed by atoms with van der Waals surface area (Å²) in [6.07, 6.45) is 4.31. The van der Waals surface area contributed by atoms with Crippen LogP contribution in [0.3, 0.4) is 0 Å². The second-order valence-corrected chi connectivity index (χ2v) is 6.97. The maximum absolute atomic E-state index is 12.2. The van der Waals surface area contributed by atoms with Gasteiger partial charge >= 0.3 is 0 Å². The number of nitrogen functional groups attached to an aromatic ring is 1. The summed E-state index contributed by atoms with van der Waals surface area (Å²) in [5, 5.41) is 3.66. The van der Waals surface area contributed by atoms with E-state index in [0.717, 1.165) is 53.1 Å². The van der Waals surface area contributed by atoms with E-state index in [2.05, 4.69) is 16.4 Å². The normalized spacial score (nSPS) is 15.2. The number of anilines is 2. The first-order valence-corrected chi connectivity index (χ1v) is 8.51. The number of nitrogens with zero attached hydrogens (tertiary/aromatic N) is 1. The van der Waals surface area contributed by atoms with Crippen LogP contribution in [-0.2, 0) is 4.79 Å². The summed E-state index contributed by atoms with van der Waals surface area (Å²) in [6.45, 7) is 3.96. The molecule has 1 saturated carbocycles. The van der Waals surface area contributed by atoms with Crippen LogP contribution in [0.2, 0.25) is 0 Å². The highest BCUT2D eigenvalue weighted by Gasteiger charge is 2.23. The minimum Gasteiger partial charge on any atom is -0.398 e. The molecule has 0 radical (unpaired) electrons. The molecule has 0 spiro atoms. The molecular formula is C17H21N3OS. The van der Waals surface area contributed by atoms with Gasteiger partial charge in [-0.1, -0.05) is 36.3 Å². The molecule has 1 aliphatic carbocycles. The van der Waals surface area contributed by atoms with Crippen molar-refractivity contribution in [1.82, 2.24) is 4.98 Å². The molecule has 1 aromatic carbocycles. The smallest absolute Gasteiger partial charge is 0.229 e. The van der Waals surface area contributed by atoms with Crippen molar-refractivity contribution in [3.63, 3.8) is 0 Å². The number of benzene rings is 1. The van der Waals surface area contributed by atoms with E-state index in [4.69, 9.17) is 5.73 Å². The summed E-state index contributed by atoms with van der Waals surface area (Å²) in [6, 6.07) is 6.04. The van der Waals surface area contributed by atoms with Crippen LogP contribution in [0.15, 0.2) is 18.2 Å². The first kappa shape index (κ1) is 15.0. The van der Waals surface area contributed by atoms with E-state index in [-0.39, 0.29) is 11.8 Å². The van der Waals surface area contributed by atoms with Gasteiger partial charge in [0.25, 0.3) is 0 Å². The van der Waals surface area contributed by atoms with E-state index in [9.17, 15) is 4.79 Å². The molecular weight excluding hydrogens is 294 g/mol. The zero-order chi connectivity index (χ0) is 15.7. The molecule has 3 N–H and O–H groups in total. The number of carbonyl (C=O) groups is 1. The molecule has 4 nitrogen and oxygen atoms in total. The zero-order valence-corrected chi connectivity index (χ0v) is 13.8. The van der Waals surface area contributed by atoms with Crippen molar-refractivity contribution in [2.24, 2.45) is 5.92 Å². The van der Waals surface area contributed by atoms with Gasteiger partial charge in [-0.05, 0) is 43.9 Å². The highest BCUT2D eigenvalue weighted by Crippen LogP contribution is 2.35. The van der Waals surface area contributed by atoms with Crippen LogP contribution in [0.4, 0.5) is 10.8 Å². The number of aryl methyl sites for hydroxylation is 2. The van der Waals surface area contributed by atoms with Crippen molar-refractivity contribution in [3.8, 4) is 10.4 Å². The molecule has 116 valence electrons. The largest absolute Gasteiger partial charge is 0.398 e. The quantitative estimate of drug-likeness (QED) is 0.837. The number of thiazole rings is 1. The first-order chi connectivity index (χ1) is 10.5. The van der Waals surface area contributed by atoms with Gasteiger partial charge in [0.05, 0.1) is 10.6 Å². The molecule has 1 aliphatic rings. The third-order valence-corrected chi connectivity index (χ3v) is 5.42. The van der Waals surface area contributed by atoms with Gasteiger partial charge < -0.3 is 11.1 Å². The average Bonchev–Trinajstić information content (AvgIpc) is 3.12. The van der Waals surface area contributed by atoms with Crippen molar-refractivity contribution < 1.29 is 4.79 Å². The summed E-state index contributed by atoms with van der Waals surface area (Å²) in [4.78, 5) is 17.8. The fraction of sp³-hybridized carbons (Fsp3) is 0.412. The second-order valence-electron chi connectivity index (χ2n) is 5.98. The van der Waals surface area contributed by atoms with Crippen molar-refractivity contribution >= 4 is 28.1 Å². The van der Waals surface area contributed by atoms with Crippen LogP contribution in [0.1, 0.15) is 36.9 Å². The third kappa shape index (κ3) is 2.99. The van der Waals surface area contributed by atoms with Crippen LogP contribution in [0.5, 0.6) is 0 Å². The van der Waals surface area contributed by atoms with Gasteiger partial charge in [0.15, 0.2) is 5.13 Å². The van der Waals surface area contributed by atoms with Crippen LogP contribution >= 0.6 is 11.3 Å². The van der Waals surface area contributed by atoms with Gasteiger partial charge in [-0.25, -0.2) is 4.98 Å². The summed E-state index contributed by atoms with van der Waals surface area (Å²) >= 11 is 1.52. The van der Waals surface area contributed by atoms with Crippen LogP contribution < -0.4 is 11.1 Å². The lowest BCUT2D eigenvalue weighted by Crippen LogP contribution is -2.20. The van der Waals surface area contributed by atoms with Gasteiger partial charge in [-0.2, -0.15) is 0 Å². The standard InChI is InChI=1S/C17H21N3OS/c1-10-7-8-13(9-14(10)18)15-11(2)19-17(22-15)20-16(21)12-5-3-4-6-12/h7-9,12H,3-6,18H2,1-2H3,(H,19,20,21). The Morgan fingerprint density at radius 1 is 1.32 bits per heavy atom. The fourth-order valence-corrected chi connectivity index (χ4v) is 3.86.